The number of hydrogen-bond acceptors (Lipinski definition) is 8. The van der Waals surface area contributed by atoms with E-state index in [2.05, 4.69) is 15.2 Å². The van der Waals surface area contributed by atoms with Gasteiger partial charge in [-0.15, -0.1) is 4.83 Å². The zero-order chi connectivity index (χ0) is 27.7. The Hall–Kier alpha value is -4.17. The molecule has 13 nitrogen and oxygen atoms in total. The van der Waals surface area contributed by atoms with Gasteiger partial charge in [0.1, 0.15) is 11.3 Å². The predicted molar refractivity (Wildman–Crippen MR) is 139 cm³/mol. The Kier molecular flexibility index (Phi) is 7.29. The van der Waals surface area contributed by atoms with Crippen molar-refractivity contribution in [3.8, 4) is 0 Å². The second-order valence-corrected chi connectivity index (χ2v) is 11.3. The van der Waals surface area contributed by atoms with E-state index < -0.39 is 32.5 Å². The third kappa shape index (κ3) is 5.86. The number of nitrogens with one attached hydrogen (secondary N) is 3. The van der Waals surface area contributed by atoms with Gasteiger partial charge < -0.3 is 19.5 Å². The Bertz CT molecular complexity index is 1490. The molecule has 1 saturated heterocycles. The van der Waals surface area contributed by atoms with E-state index in [0.717, 1.165) is 12.1 Å². The number of nitro groups is 1. The molecule has 0 bridgehead atoms. The number of hydrazine groups is 1. The Balaban J connectivity index is 1.50. The average Bonchev–Trinajstić information content (AvgIpc) is 3.35. The van der Waals surface area contributed by atoms with Gasteiger partial charge in [-0.05, 0) is 51.1 Å². The minimum atomic E-state index is -4.27. The fourth-order valence-electron chi connectivity index (χ4n) is 4.06. The van der Waals surface area contributed by atoms with Gasteiger partial charge in [-0.25, -0.2) is 13.2 Å². The number of nitro benzene ring substituents is 1. The van der Waals surface area contributed by atoms with E-state index in [1.165, 1.54) is 11.0 Å². The van der Waals surface area contributed by atoms with E-state index in [9.17, 15) is 28.1 Å². The number of aromatic amines is 1. The summed E-state index contributed by atoms with van der Waals surface area (Å²) in [7, 11) is -4.27. The predicted octanol–water partition coefficient (Wildman–Crippen LogP) is 2.76. The number of nitrogens with zero attached hydrogens (tertiary/aromatic N) is 3. The summed E-state index contributed by atoms with van der Waals surface area (Å²) >= 11 is 0. The summed E-state index contributed by atoms with van der Waals surface area (Å²) in [5.41, 5.74) is 2.32. The van der Waals surface area contributed by atoms with Crippen LogP contribution < -0.4 is 15.2 Å². The highest BCUT2D eigenvalue weighted by atomic mass is 32.2. The molecule has 0 radical (unpaired) electrons. The molecule has 2 aromatic carbocycles. The smallest absolute Gasteiger partial charge is 0.410 e. The fourth-order valence-corrected chi connectivity index (χ4v) is 4.92. The second-order valence-electron chi connectivity index (χ2n) is 9.67. The van der Waals surface area contributed by atoms with Gasteiger partial charge in [0.15, 0.2) is 0 Å². The molecule has 4 rings (SSSR count). The van der Waals surface area contributed by atoms with Crippen molar-refractivity contribution in [1.82, 2.24) is 20.1 Å². The first-order valence-electron chi connectivity index (χ1n) is 11.8. The maximum atomic E-state index is 13.0. The minimum Gasteiger partial charge on any atom is -0.444 e. The lowest BCUT2D eigenvalue weighted by Crippen LogP contribution is -2.50. The molecule has 38 heavy (non-hydrogen) atoms. The summed E-state index contributed by atoms with van der Waals surface area (Å²) in [6.07, 6.45) is 1.18. The van der Waals surface area contributed by atoms with E-state index in [4.69, 9.17) is 4.74 Å². The van der Waals surface area contributed by atoms with Gasteiger partial charge in [-0.3, -0.25) is 20.3 Å². The molecule has 3 N–H and O–H groups in total. The third-order valence-electron chi connectivity index (χ3n) is 5.86. The summed E-state index contributed by atoms with van der Waals surface area (Å²) < 4.78 is 31.3. The van der Waals surface area contributed by atoms with E-state index in [1.54, 1.807) is 56.1 Å². The van der Waals surface area contributed by atoms with Crippen molar-refractivity contribution in [2.75, 3.05) is 31.1 Å². The number of carbonyl (C=O) groups excluding carboxylic acids is 2. The van der Waals surface area contributed by atoms with Gasteiger partial charge >= 0.3 is 6.09 Å². The molecule has 14 heteroatoms. The summed E-state index contributed by atoms with van der Waals surface area (Å²) in [6, 6.07) is 10.1. The van der Waals surface area contributed by atoms with Crippen LogP contribution in [0.25, 0.3) is 10.9 Å². The lowest BCUT2D eigenvalue weighted by Gasteiger charge is -2.36. The number of piperazine rings is 1. The average molecular weight is 545 g/mol. The molecule has 2 amide bonds. The Labute approximate surface area is 218 Å². The molecule has 1 aromatic heterocycles. The maximum Gasteiger partial charge on any atom is 0.410 e. The van der Waals surface area contributed by atoms with Crippen LogP contribution in [0.3, 0.4) is 0 Å². The van der Waals surface area contributed by atoms with Crippen LogP contribution in [0.5, 0.6) is 0 Å². The zero-order valence-corrected chi connectivity index (χ0v) is 21.9. The summed E-state index contributed by atoms with van der Waals surface area (Å²) in [5.74, 6) is -0.667. The summed E-state index contributed by atoms with van der Waals surface area (Å²) in [6.45, 7) is 6.21. The first kappa shape index (κ1) is 26.9. The molecule has 1 aliphatic heterocycles. The van der Waals surface area contributed by atoms with E-state index >= 15 is 0 Å². The first-order chi connectivity index (χ1) is 17.9. The van der Waals surface area contributed by atoms with Crippen LogP contribution in [0, 0.1) is 10.1 Å². The first-order valence-corrected chi connectivity index (χ1v) is 13.2. The van der Waals surface area contributed by atoms with Crippen LogP contribution in [-0.4, -0.2) is 67.0 Å². The van der Waals surface area contributed by atoms with Crippen molar-refractivity contribution in [3.05, 3.63) is 64.3 Å². The second kappa shape index (κ2) is 10.3. The quantitative estimate of drug-likeness (QED) is 0.315. The molecule has 0 atom stereocenters. The van der Waals surface area contributed by atoms with Crippen molar-refractivity contribution < 1.29 is 27.7 Å². The van der Waals surface area contributed by atoms with Crippen LogP contribution >= 0.6 is 0 Å². The summed E-state index contributed by atoms with van der Waals surface area (Å²) in [4.78, 5) is 44.0. The van der Waals surface area contributed by atoms with Gasteiger partial charge in [0, 0.05) is 49.3 Å². The molecule has 0 spiro atoms. The van der Waals surface area contributed by atoms with Crippen LogP contribution in [0.15, 0.2) is 53.6 Å². The number of carbonyl (C=O) groups is 2. The van der Waals surface area contributed by atoms with Gasteiger partial charge in [0.25, 0.3) is 21.6 Å². The largest absolute Gasteiger partial charge is 0.444 e. The lowest BCUT2D eigenvalue weighted by molar-refractivity contribution is -0.384. The number of fused-ring (bicyclic) bond motifs is 1. The molecule has 3 aromatic rings. The standard InChI is InChI=1S/C24H28N6O7S/c1-24(2,3)37-23(32)29-13-11-28(12-14-29)21-15-16(7-8-20(21)30(33)34)38(35,36)27-26-22(31)18-5-4-6-19-17(18)9-10-25-19/h4-10,15,25,27H,11-14H2,1-3H3,(H,26,31). The van der Waals surface area contributed by atoms with Gasteiger partial charge in [0.05, 0.1) is 15.4 Å². The van der Waals surface area contributed by atoms with Crippen molar-refractivity contribution in [1.29, 1.82) is 0 Å². The highest BCUT2D eigenvalue weighted by molar-refractivity contribution is 7.89. The molecule has 2 heterocycles. The van der Waals surface area contributed by atoms with Crippen LogP contribution in [0.4, 0.5) is 16.2 Å². The van der Waals surface area contributed by atoms with Gasteiger partial charge in [-0.2, -0.15) is 0 Å². The number of ether oxygens (including phenoxy) is 1. The number of benzene rings is 2. The molecule has 202 valence electrons. The molecule has 1 fully saturated rings. The maximum absolute atomic E-state index is 13.0. The highest BCUT2D eigenvalue weighted by Crippen LogP contribution is 2.32. The normalized spacial score (nSPS) is 14.4. The molecule has 1 aliphatic rings. The number of H-pyrrole nitrogens is 1. The SMILES string of the molecule is CC(C)(C)OC(=O)N1CCN(c2cc(S(=O)(=O)NNC(=O)c3cccc4[nH]ccc34)ccc2[N+](=O)[O-])CC1. The monoisotopic (exact) mass is 544 g/mol. The van der Waals surface area contributed by atoms with Crippen LogP contribution in [0.1, 0.15) is 31.1 Å². The van der Waals surface area contributed by atoms with E-state index in [0.29, 0.717) is 10.9 Å². The number of anilines is 1. The van der Waals surface area contributed by atoms with Gasteiger partial charge in [0.2, 0.25) is 0 Å². The molecule has 0 saturated carbocycles. The fraction of sp³-hybridized carbons (Fsp3) is 0.333. The minimum absolute atomic E-state index is 0.0881. The Morgan fingerprint density at radius 2 is 1.79 bits per heavy atom. The van der Waals surface area contributed by atoms with E-state index in [1.807, 2.05) is 0 Å². The summed E-state index contributed by atoms with van der Waals surface area (Å²) in [5, 5.41) is 12.3. The zero-order valence-electron chi connectivity index (χ0n) is 21.1. The number of hydrogen-bond donors (Lipinski definition) is 3. The highest BCUT2D eigenvalue weighted by Gasteiger charge is 2.30. The van der Waals surface area contributed by atoms with Gasteiger partial charge in [-0.1, -0.05) is 6.07 Å². The molecular weight excluding hydrogens is 516 g/mol. The number of sulfonamides is 1. The third-order valence-corrected chi connectivity index (χ3v) is 7.11. The van der Waals surface area contributed by atoms with Crippen molar-refractivity contribution in [2.45, 2.75) is 31.3 Å². The number of amides is 2. The Morgan fingerprint density at radius 3 is 2.45 bits per heavy atom. The van der Waals surface area contributed by atoms with Crippen LogP contribution in [-0.2, 0) is 14.8 Å². The topological polar surface area (TPSA) is 167 Å². The lowest BCUT2D eigenvalue weighted by atomic mass is 10.1. The molecule has 0 aliphatic carbocycles. The number of aromatic nitrogens is 1. The molecular formula is C24H28N6O7S. The van der Waals surface area contributed by atoms with Crippen molar-refractivity contribution in [2.24, 2.45) is 0 Å². The van der Waals surface area contributed by atoms with Crippen molar-refractivity contribution in [3.63, 3.8) is 0 Å². The molecule has 0 unspecified atom stereocenters. The Morgan fingerprint density at radius 1 is 1.08 bits per heavy atom. The van der Waals surface area contributed by atoms with Crippen molar-refractivity contribution >= 4 is 44.3 Å². The van der Waals surface area contributed by atoms with E-state index in [-0.39, 0.29) is 48.0 Å². The van der Waals surface area contributed by atoms with Crippen LogP contribution in [0.2, 0.25) is 0 Å². The number of rotatable bonds is 6.